The molecule has 3 nitrogen and oxygen atoms in total. The summed E-state index contributed by atoms with van der Waals surface area (Å²) in [4.78, 5) is 12.4. The average molecular weight is 325 g/mol. The van der Waals surface area contributed by atoms with Crippen LogP contribution in [0.25, 0.3) is 0 Å². The smallest absolute Gasteiger partial charge is 0.224 e. The van der Waals surface area contributed by atoms with E-state index in [1.54, 1.807) is 0 Å². The summed E-state index contributed by atoms with van der Waals surface area (Å²) in [6.45, 7) is 6.96. The van der Waals surface area contributed by atoms with Crippen molar-refractivity contribution in [1.82, 2.24) is 5.32 Å². The van der Waals surface area contributed by atoms with E-state index in [2.05, 4.69) is 37.4 Å². The Morgan fingerprint density at radius 2 is 1.95 bits per heavy atom. The van der Waals surface area contributed by atoms with E-state index < -0.39 is 0 Å². The first-order valence-corrected chi connectivity index (χ1v) is 8.03. The molecule has 1 aliphatic rings. The number of amides is 1. The molecule has 0 heterocycles. The summed E-state index contributed by atoms with van der Waals surface area (Å²) < 4.78 is 0. The predicted molar refractivity (Wildman–Crippen MR) is 94.4 cm³/mol. The molecule has 3 N–H and O–H groups in total. The SMILES string of the molecule is Cc1cccc(C)c1CCNC(=O)C1CCCCC1(C)N.Cl. The minimum atomic E-state index is -0.346. The van der Waals surface area contributed by atoms with Crippen LogP contribution in [0.1, 0.15) is 49.3 Å². The van der Waals surface area contributed by atoms with Crippen LogP contribution in [0, 0.1) is 19.8 Å². The second-order valence-electron chi connectivity index (χ2n) is 6.72. The summed E-state index contributed by atoms with van der Waals surface area (Å²) in [6.07, 6.45) is 5.00. The molecule has 2 atom stereocenters. The number of halogens is 1. The maximum atomic E-state index is 12.4. The molecule has 0 radical (unpaired) electrons. The standard InChI is InChI=1S/C18H28N2O.ClH/c1-13-7-6-8-14(2)15(13)10-12-20-17(21)16-9-4-5-11-18(16,3)19;/h6-8,16H,4-5,9-12,19H2,1-3H3,(H,20,21);1H. The normalized spacial score (nSPS) is 24.5. The van der Waals surface area contributed by atoms with Gasteiger partial charge in [-0.3, -0.25) is 4.79 Å². The van der Waals surface area contributed by atoms with Crippen LogP contribution in [0.4, 0.5) is 0 Å². The maximum absolute atomic E-state index is 12.4. The van der Waals surface area contributed by atoms with Crippen molar-refractivity contribution in [3.63, 3.8) is 0 Å². The van der Waals surface area contributed by atoms with Gasteiger partial charge < -0.3 is 11.1 Å². The van der Waals surface area contributed by atoms with Gasteiger partial charge in [-0.25, -0.2) is 0 Å². The number of carbonyl (C=O) groups excluding carboxylic acids is 1. The van der Waals surface area contributed by atoms with Crippen molar-refractivity contribution in [2.75, 3.05) is 6.54 Å². The van der Waals surface area contributed by atoms with Gasteiger partial charge in [0.2, 0.25) is 5.91 Å². The molecule has 1 aliphatic carbocycles. The Labute approximate surface area is 140 Å². The van der Waals surface area contributed by atoms with Crippen LogP contribution < -0.4 is 11.1 Å². The highest BCUT2D eigenvalue weighted by Gasteiger charge is 2.37. The molecular formula is C18H29ClN2O. The Balaban J connectivity index is 0.00000242. The lowest BCUT2D eigenvalue weighted by Crippen LogP contribution is -2.53. The maximum Gasteiger partial charge on any atom is 0.224 e. The van der Waals surface area contributed by atoms with Gasteiger partial charge in [-0.05, 0) is 56.7 Å². The monoisotopic (exact) mass is 324 g/mol. The van der Waals surface area contributed by atoms with E-state index in [1.807, 2.05) is 6.92 Å². The van der Waals surface area contributed by atoms with Gasteiger partial charge >= 0.3 is 0 Å². The highest BCUT2D eigenvalue weighted by Crippen LogP contribution is 2.31. The number of nitrogens with two attached hydrogens (primary N) is 1. The minimum absolute atomic E-state index is 0. The molecule has 1 fully saturated rings. The van der Waals surface area contributed by atoms with E-state index in [9.17, 15) is 4.79 Å². The van der Waals surface area contributed by atoms with Gasteiger partial charge in [-0.1, -0.05) is 31.0 Å². The Kier molecular flexibility index (Phi) is 6.89. The van der Waals surface area contributed by atoms with E-state index >= 15 is 0 Å². The molecule has 0 saturated heterocycles. The average Bonchev–Trinajstić information content (AvgIpc) is 2.41. The van der Waals surface area contributed by atoms with E-state index in [0.29, 0.717) is 6.54 Å². The molecule has 1 amide bonds. The lowest BCUT2D eigenvalue weighted by Gasteiger charge is -2.37. The van der Waals surface area contributed by atoms with Crippen LogP contribution in [0.15, 0.2) is 18.2 Å². The first-order valence-electron chi connectivity index (χ1n) is 8.03. The van der Waals surface area contributed by atoms with Crippen LogP contribution in [0.2, 0.25) is 0 Å². The van der Waals surface area contributed by atoms with Crippen molar-refractivity contribution in [2.45, 2.75) is 58.4 Å². The molecule has 124 valence electrons. The first kappa shape index (κ1) is 19.0. The van der Waals surface area contributed by atoms with Gasteiger partial charge in [0, 0.05) is 12.1 Å². The van der Waals surface area contributed by atoms with Crippen LogP contribution in [-0.2, 0) is 11.2 Å². The predicted octanol–water partition coefficient (Wildman–Crippen LogP) is 3.29. The van der Waals surface area contributed by atoms with Gasteiger partial charge in [-0.2, -0.15) is 0 Å². The van der Waals surface area contributed by atoms with Crippen molar-refractivity contribution >= 4 is 18.3 Å². The van der Waals surface area contributed by atoms with Crippen molar-refractivity contribution in [2.24, 2.45) is 11.7 Å². The molecule has 0 aliphatic heterocycles. The Hall–Kier alpha value is -1.06. The molecule has 4 heteroatoms. The largest absolute Gasteiger partial charge is 0.355 e. The molecule has 1 saturated carbocycles. The Bertz CT molecular complexity index is 494. The highest BCUT2D eigenvalue weighted by atomic mass is 35.5. The third-order valence-electron chi connectivity index (χ3n) is 4.89. The lowest BCUT2D eigenvalue weighted by atomic mass is 9.74. The molecule has 2 rings (SSSR count). The molecule has 1 aromatic carbocycles. The fourth-order valence-electron chi connectivity index (χ4n) is 3.47. The van der Waals surface area contributed by atoms with Gasteiger partial charge in [0.25, 0.3) is 0 Å². The lowest BCUT2D eigenvalue weighted by molar-refractivity contribution is -0.128. The summed E-state index contributed by atoms with van der Waals surface area (Å²) in [5.41, 5.74) is 9.88. The van der Waals surface area contributed by atoms with Gasteiger partial charge in [0.05, 0.1) is 5.92 Å². The van der Waals surface area contributed by atoms with Crippen molar-refractivity contribution < 1.29 is 4.79 Å². The van der Waals surface area contributed by atoms with Crippen LogP contribution in [0.3, 0.4) is 0 Å². The van der Waals surface area contributed by atoms with E-state index in [-0.39, 0.29) is 29.8 Å². The zero-order valence-corrected chi connectivity index (χ0v) is 14.8. The molecule has 2 unspecified atom stereocenters. The molecule has 0 bridgehead atoms. The summed E-state index contributed by atoms with van der Waals surface area (Å²) >= 11 is 0. The first-order chi connectivity index (χ1) is 9.92. The van der Waals surface area contributed by atoms with Crippen molar-refractivity contribution in [3.05, 3.63) is 34.9 Å². The quantitative estimate of drug-likeness (QED) is 0.893. The second kappa shape index (κ2) is 7.98. The highest BCUT2D eigenvalue weighted by molar-refractivity contribution is 5.85. The number of nitrogens with one attached hydrogen (secondary N) is 1. The number of aryl methyl sites for hydroxylation is 2. The summed E-state index contributed by atoms with van der Waals surface area (Å²) in [5.74, 6) is 0.0927. The zero-order valence-electron chi connectivity index (χ0n) is 13.9. The Morgan fingerprint density at radius 3 is 2.55 bits per heavy atom. The van der Waals surface area contributed by atoms with E-state index in [0.717, 1.165) is 32.1 Å². The van der Waals surface area contributed by atoms with Crippen molar-refractivity contribution in [1.29, 1.82) is 0 Å². The molecule has 1 aromatic rings. The number of hydrogen-bond acceptors (Lipinski definition) is 2. The topological polar surface area (TPSA) is 55.1 Å². The molecular weight excluding hydrogens is 296 g/mol. The fourth-order valence-corrected chi connectivity index (χ4v) is 3.47. The summed E-state index contributed by atoms with van der Waals surface area (Å²) in [6, 6.07) is 6.33. The molecule has 0 aromatic heterocycles. The number of benzene rings is 1. The summed E-state index contributed by atoms with van der Waals surface area (Å²) in [7, 11) is 0. The number of carbonyl (C=O) groups is 1. The van der Waals surface area contributed by atoms with E-state index in [4.69, 9.17) is 5.73 Å². The molecule has 0 spiro atoms. The van der Waals surface area contributed by atoms with E-state index in [1.165, 1.54) is 16.7 Å². The molecule has 22 heavy (non-hydrogen) atoms. The minimum Gasteiger partial charge on any atom is -0.355 e. The van der Waals surface area contributed by atoms with Crippen LogP contribution in [-0.4, -0.2) is 18.0 Å². The van der Waals surface area contributed by atoms with Crippen LogP contribution >= 0.6 is 12.4 Å². The second-order valence-corrected chi connectivity index (χ2v) is 6.72. The fraction of sp³-hybridized carbons (Fsp3) is 0.611. The summed E-state index contributed by atoms with van der Waals surface area (Å²) in [5, 5.41) is 3.09. The third kappa shape index (κ3) is 4.47. The Morgan fingerprint density at radius 1 is 1.32 bits per heavy atom. The number of hydrogen-bond donors (Lipinski definition) is 2. The van der Waals surface area contributed by atoms with Gasteiger partial charge in [-0.15, -0.1) is 12.4 Å². The third-order valence-corrected chi connectivity index (χ3v) is 4.89. The van der Waals surface area contributed by atoms with Gasteiger partial charge in [0.15, 0.2) is 0 Å². The van der Waals surface area contributed by atoms with Crippen molar-refractivity contribution in [3.8, 4) is 0 Å². The van der Waals surface area contributed by atoms with Crippen LogP contribution in [0.5, 0.6) is 0 Å². The van der Waals surface area contributed by atoms with Gasteiger partial charge in [0.1, 0.15) is 0 Å². The zero-order chi connectivity index (χ0) is 15.5. The number of rotatable bonds is 4.